The molecule has 0 aliphatic carbocycles. The van der Waals surface area contributed by atoms with Crippen LogP contribution in [0.5, 0.6) is 0 Å². The number of para-hydroxylation sites is 1. The SMILES string of the molecule is Nc1c(F)cccc1C(=O)NC1CCNCC1. The first-order valence-electron chi connectivity index (χ1n) is 5.74. The standard InChI is InChI=1S/C12H16FN3O/c13-10-3-1-2-9(11(10)14)12(17)16-8-4-6-15-7-5-8/h1-3,8,15H,4-7,14H2,(H,16,17). The number of hydrogen-bond donors (Lipinski definition) is 3. The minimum absolute atomic E-state index is 0.0843. The van der Waals surface area contributed by atoms with Crippen LogP contribution in [-0.2, 0) is 0 Å². The molecule has 92 valence electrons. The van der Waals surface area contributed by atoms with E-state index in [9.17, 15) is 9.18 Å². The number of nitrogens with two attached hydrogens (primary N) is 1. The second-order valence-electron chi connectivity index (χ2n) is 4.20. The van der Waals surface area contributed by atoms with Crippen LogP contribution in [0, 0.1) is 5.82 Å². The van der Waals surface area contributed by atoms with Crippen molar-refractivity contribution in [3.63, 3.8) is 0 Å². The van der Waals surface area contributed by atoms with Crippen molar-refractivity contribution in [3.8, 4) is 0 Å². The molecule has 0 bridgehead atoms. The first-order valence-corrected chi connectivity index (χ1v) is 5.74. The van der Waals surface area contributed by atoms with E-state index in [1.165, 1.54) is 18.2 Å². The maximum atomic E-state index is 13.2. The lowest BCUT2D eigenvalue weighted by molar-refractivity contribution is 0.0930. The summed E-state index contributed by atoms with van der Waals surface area (Å²) < 4.78 is 13.2. The Morgan fingerprint density at radius 1 is 1.41 bits per heavy atom. The van der Waals surface area contributed by atoms with Gasteiger partial charge < -0.3 is 16.4 Å². The fourth-order valence-corrected chi connectivity index (χ4v) is 1.96. The Kier molecular flexibility index (Phi) is 3.58. The number of carbonyl (C=O) groups excluding carboxylic acids is 1. The summed E-state index contributed by atoms with van der Waals surface area (Å²) in [5.41, 5.74) is 5.67. The summed E-state index contributed by atoms with van der Waals surface area (Å²) in [5.74, 6) is -0.850. The van der Waals surface area contributed by atoms with Gasteiger partial charge in [-0.3, -0.25) is 4.79 Å². The number of benzene rings is 1. The lowest BCUT2D eigenvalue weighted by Crippen LogP contribution is -2.42. The average molecular weight is 237 g/mol. The van der Waals surface area contributed by atoms with Gasteiger partial charge >= 0.3 is 0 Å². The zero-order valence-electron chi connectivity index (χ0n) is 9.50. The van der Waals surface area contributed by atoms with E-state index in [-0.39, 0.29) is 23.2 Å². The molecule has 1 heterocycles. The Morgan fingerprint density at radius 2 is 2.12 bits per heavy atom. The molecule has 1 aliphatic rings. The molecule has 1 fully saturated rings. The number of nitrogen functional groups attached to an aromatic ring is 1. The third-order valence-electron chi connectivity index (χ3n) is 2.97. The Bertz CT molecular complexity index is 416. The van der Waals surface area contributed by atoms with Gasteiger partial charge in [0.05, 0.1) is 11.3 Å². The Labute approximate surface area is 99.4 Å². The van der Waals surface area contributed by atoms with Crippen molar-refractivity contribution in [2.45, 2.75) is 18.9 Å². The van der Waals surface area contributed by atoms with Crippen molar-refractivity contribution in [1.82, 2.24) is 10.6 Å². The van der Waals surface area contributed by atoms with Gasteiger partial charge in [-0.15, -0.1) is 0 Å². The summed E-state index contributed by atoms with van der Waals surface area (Å²) in [6.07, 6.45) is 1.78. The predicted octanol–water partition coefficient (Wildman–Crippen LogP) is 0.890. The van der Waals surface area contributed by atoms with Crippen molar-refractivity contribution in [1.29, 1.82) is 0 Å². The van der Waals surface area contributed by atoms with Crippen LogP contribution in [-0.4, -0.2) is 25.0 Å². The number of piperidine rings is 1. The second kappa shape index (κ2) is 5.14. The minimum atomic E-state index is -0.553. The van der Waals surface area contributed by atoms with Crippen molar-refractivity contribution in [3.05, 3.63) is 29.6 Å². The number of amides is 1. The lowest BCUT2D eigenvalue weighted by Gasteiger charge is -2.23. The van der Waals surface area contributed by atoms with Crippen molar-refractivity contribution < 1.29 is 9.18 Å². The third-order valence-corrected chi connectivity index (χ3v) is 2.97. The van der Waals surface area contributed by atoms with Gasteiger partial charge in [-0.1, -0.05) is 6.07 Å². The van der Waals surface area contributed by atoms with E-state index in [1.807, 2.05) is 0 Å². The highest BCUT2D eigenvalue weighted by Crippen LogP contribution is 2.16. The summed E-state index contributed by atoms with van der Waals surface area (Å²) in [5, 5.41) is 6.09. The zero-order valence-corrected chi connectivity index (χ0v) is 9.50. The van der Waals surface area contributed by atoms with Crippen molar-refractivity contribution in [2.24, 2.45) is 0 Å². The van der Waals surface area contributed by atoms with Crippen LogP contribution in [0.25, 0.3) is 0 Å². The van der Waals surface area contributed by atoms with Crippen molar-refractivity contribution >= 4 is 11.6 Å². The molecule has 0 unspecified atom stereocenters. The van der Waals surface area contributed by atoms with E-state index in [4.69, 9.17) is 5.73 Å². The molecule has 1 aromatic carbocycles. The first-order chi connectivity index (χ1) is 8.18. The average Bonchev–Trinajstić information content (AvgIpc) is 2.34. The van der Waals surface area contributed by atoms with E-state index < -0.39 is 5.82 Å². The zero-order chi connectivity index (χ0) is 12.3. The van der Waals surface area contributed by atoms with E-state index in [1.54, 1.807) is 0 Å². The van der Waals surface area contributed by atoms with Crippen LogP contribution in [0.15, 0.2) is 18.2 Å². The highest BCUT2D eigenvalue weighted by molar-refractivity contribution is 5.99. The summed E-state index contributed by atoms with van der Waals surface area (Å²) >= 11 is 0. The molecule has 0 spiro atoms. The predicted molar refractivity (Wildman–Crippen MR) is 64.2 cm³/mol. The van der Waals surface area contributed by atoms with Gasteiger partial charge in [-0.05, 0) is 38.1 Å². The molecule has 0 radical (unpaired) electrons. The van der Waals surface area contributed by atoms with Gasteiger partial charge in [-0.2, -0.15) is 0 Å². The summed E-state index contributed by atoms with van der Waals surface area (Å²) in [6, 6.07) is 4.42. The molecule has 4 N–H and O–H groups in total. The quantitative estimate of drug-likeness (QED) is 0.669. The molecule has 1 aromatic rings. The molecule has 4 nitrogen and oxygen atoms in total. The van der Waals surface area contributed by atoms with Crippen LogP contribution in [0.1, 0.15) is 23.2 Å². The molecule has 1 amide bonds. The first kappa shape index (κ1) is 11.9. The van der Waals surface area contributed by atoms with E-state index >= 15 is 0 Å². The Morgan fingerprint density at radius 3 is 2.82 bits per heavy atom. The fraction of sp³-hybridized carbons (Fsp3) is 0.417. The van der Waals surface area contributed by atoms with Crippen LogP contribution in [0.2, 0.25) is 0 Å². The van der Waals surface area contributed by atoms with Gasteiger partial charge in [0.2, 0.25) is 0 Å². The minimum Gasteiger partial charge on any atom is -0.396 e. The molecule has 5 heteroatoms. The fourth-order valence-electron chi connectivity index (χ4n) is 1.96. The topological polar surface area (TPSA) is 67.2 Å². The molecule has 17 heavy (non-hydrogen) atoms. The largest absolute Gasteiger partial charge is 0.396 e. The van der Waals surface area contributed by atoms with Gasteiger partial charge in [0.25, 0.3) is 5.91 Å². The van der Waals surface area contributed by atoms with Gasteiger partial charge in [0.1, 0.15) is 5.82 Å². The summed E-state index contributed by atoms with van der Waals surface area (Å²) in [7, 11) is 0. The van der Waals surface area contributed by atoms with Gasteiger partial charge in [0, 0.05) is 6.04 Å². The Balaban J connectivity index is 2.06. The highest BCUT2D eigenvalue weighted by atomic mass is 19.1. The number of rotatable bonds is 2. The smallest absolute Gasteiger partial charge is 0.253 e. The number of nitrogens with one attached hydrogen (secondary N) is 2. The molecule has 0 saturated carbocycles. The number of halogens is 1. The Hall–Kier alpha value is -1.62. The summed E-state index contributed by atoms with van der Waals surface area (Å²) in [6.45, 7) is 1.78. The maximum absolute atomic E-state index is 13.2. The van der Waals surface area contributed by atoms with E-state index in [2.05, 4.69) is 10.6 Å². The van der Waals surface area contributed by atoms with Crippen LogP contribution < -0.4 is 16.4 Å². The third kappa shape index (κ3) is 2.74. The van der Waals surface area contributed by atoms with Crippen LogP contribution >= 0.6 is 0 Å². The monoisotopic (exact) mass is 237 g/mol. The lowest BCUT2D eigenvalue weighted by atomic mass is 10.1. The van der Waals surface area contributed by atoms with E-state index in [0.29, 0.717) is 0 Å². The molecule has 0 aromatic heterocycles. The number of hydrogen-bond acceptors (Lipinski definition) is 3. The molecular weight excluding hydrogens is 221 g/mol. The maximum Gasteiger partial charge on any atom is 0.253 e. The van der Waals surface area contributed by atoms with Crippen LogP contribution in [0.3, 0.4) is 0 Å². The van der Waals surface area contributed by atoms with Gasteiger partial charge in [-0.25, -0.2) is 4.39 Å². The molecule has 1 saturated heterocycles. The number of anilines is 1. The highest BCUT2D eigenvalue weighted by Gasteiger charge is 2.18. The van der Waals surface area contributed by atoms with Crippen molar-refractivity contribution in [2.75, 3.05) is 18.8 Å². The molecule has 2 rings (SSSR count). The molecular formula is C12H16FN3O. The summed E-state index contributed by atoms with van der Waals surface area (Å²) in [4.78, 5) is 11.9. The molecule has 1 aliphatic heterocycles. The number of carbonyl (C=O) groups is 1. The molecule has 0 atom stereocenters. The van der Waals surface area contributed by atoms with E-state index in [0.717, 1.165) is 25.9 Å². The van der Waals surface area contributed by atoms with Gasteiger partial charge in [0.15, 0.2) is 0 Å². The van der Waals surface area contributed by atoms with Crippen LogP contribution in [0.4, 0.5) is 10.1 Å². The normalized spacial score (nSPS) is 16.8. The second-order valence-corrected chi connectivity index (χ2v) is 4.20.